The third-order valence-electron chi connectivity index (χ3n) is 6.52. The number of aromatic nitrogens is 2. The number of nitrogens with zero attached hydrogens (tertiary/aromatic N) is 4. The Morgan fingerprint density at radius 3 is 2.28 bits per heavy atom. The smallest absolute Gasteiger partial charge is 0.475 e. The highest BCUT2D eigenvalue weighted by molar-refractivity contribution is 5.81. The van der Waals surface area contributed by atoms with Gasteiger partial charge in [-0.05, 0) is 18.4 Å². The number of carboxylic acid groups (broad SMARTS) is 1. The minimum absolute atomic E-state index is 0.0312. The van der Waals surface area contributed by atoms with Gasteiger partial charge in [-0.25, -0.2) is 9.78 Å². The number of carboxylic acids is 1. The van der Waals surface area contributed by atoms with Crippen molar-refractivity contribution >= 4 is 11.9 Å². The van der Waals surface area contributed by atoms with Gasteiger partial charge in [0.25, 0.3) is 0 Å². The Hall–Kier alpha value is -2.88. The average molecular weight is 452 g/mol. The number of likely N-dealkylation sites (N-methyl/N-ethyl adjacent to an activating group) is 1. The van der Waals surface area contributed by atoms with Crippen LogP contribution < -0.4 is 0 Å². The van der Waals surface area contributed by atoms with E-state index in [2.05, 4.69) is 38.7 Å². The molecule has 2 aliphatic rings. The molecular weight excluding hydrogens is 425 g/mol. The number of carbonyl (C=O) groups is 2. The maximum Gasteiger partial charge on any atom is 0.490 e. The highest BCUT2D eigenvalue weighted by Crippen LogP contribution is 2.48. The minimum Gasteiger partial charge on any atom is -0.475 e. The van der Waals surface area contributed by atoms with Crippen molar-refractivity contribution in [3.8, 4) is 0 Å². The predicted molar refractivity (Wildman–Crippen MR) is 111 cm³/mol. The molecule has 0 radical (unpaired) electrons. The van der Waals surface area contributed by atoms with Gasteiger partial charge < -0.3 is 14.6 Å². The number of aryl methyl sites for hydroxylation is 1. The van der Waals surface area contributed by atoms with E-state index in [0.717, 1.165) is 38.3 Å². The Balaban J connectivity index is 0.000000360. The second-order valence-corrected chi connectivity index (χ2v) is 8.26. The summed E-state index contributed by atoms with van der Waals surface area (Å²) in [5.74, 6) is -1.06. The zero-order valence-electron chi connectivity index (χ0n) is 18.0. The fourth-order valence-electron chi connectivity index (χ4n) is 4.63. The van der Waals surface area contributed by atoms with Crippen LogP contribution in [-0.4, -0.2) is 68.2 Å². The molecule has 0 aliphatic carbocycles. The number of imidazole rings is 1. The van der Waals surface area contributed by atoms with Crippen molar-refractivity contribution < 1.29 is 27.9 Å². The SMILES string of the molecule is CN1C(=O)CC(c2ccccc2)C12CCN(Cc1nccn1C)CC2.O=C(O)C(F)(F)F. The lowest BCUT2D eigenvalue weighted by Gasteiger charge is -2.46. The first-order chi connectivity index (χ1) is 15.0. The molecule has 2 aliphatic heterocycles. The molecule has 10 heteroatoms. The van der Waals surface area contributed by atoms with Crippen LogP contribution in [0.2, 0.25) is 0 Å². The number of aliphatic carboxylic acids is 1. The Kier molecular flexibility index (Phi) is 6.92. The molecule has 1 atom stereocenters. The van der Waals surface area contributed by atoms with Crippen LogP contribution in [-0.2, 0) is 23.2 Å². The van der Waals surface area contributed by atoms with Gasteiger partial charge in [0, 0.05) is 51.9 Å². The fourth-order valence-corrected chi connectivity index (χ4v) is 4.63. The second-order valence-electron chi connectivity index (χ2n) is 8.26. The van der Waals surface area contributed by atoms with E-state index < -0.39 is 12.1 Å². The van der Waals surface area contributed by atoms with E-state index in [1.165, 1.54) is 5.56 Å². The highest BCUT2D eigenvalue weighted by atomic mass is 19.4. The largest absolute Gasteiger partial charge is 0.490 e. The number of carbonyl (C=O) groups excluding carboxylic acids is 1. The van der Waals surface area contributed by atoms with Crippen LogP contribution in [0.5, 0.6) is 0 Å². The zero-order valence-corrected chi connectivity index (χ0v) is 18.0. The standard InChI is InChI=1S/C20H26N4O.C2HF3O2/c1-22-13-10-21-18(22)15-24-11-8-20(9-12-24)17(14-19(25)23(20)2)16-6-4-3-5-7-16;3-2(4,5)1(6)7/h3-7,10,13,17H,8-9,11-12,14-15H2,1-2H3;(H,6,7). The van der Waals surface area contributed by atoms with Gasteiger partial charge in [0.05, 0.1) is 12.1 Å². The minimum atomic E-state index is -5.08. The fraction of sp³-hybridized carbons (Fsp3) is 0.500. The summed E-state index contributed by atoms with van der Waals surface area (Å²) in [6, 6.07) is 10.6. The maximum absolute atomic E-state index is 12.5. The summed E-state index contributed by atoms with van der Waals surface area (Å²) in [5.41, 5.74) is 1.27. The monoisotopic (exact) mass is 452 g/mol. The number of piperidine rings is 1. The van der Waals surface area contributed by atoms with E-state index in [9.17, 15) is 18.0 Å². The molecule has 1 spiro atoms. The Morgan fingerprint density at radius 2 is 1.78 bits per heavy atom. The number of hydrogen-bond acceptors (Lipinski definition) is 4. The molecule has 2 fully saturated rings. The number of benzene rings is 1. The van der Waals surface area contributed by atoms with Crippen molar-refractivity contribution in [3.05, 3.63) is 54.1 Å². The van der Waals surface area contributed by atoms with Gasteiger partial charge in [0.1, 0.15) is 5.82 Å². The van der Waals surface area contributed by atoms with Crippen LogP contribution in [0.15, 0.2) is 42.7 Å². The molecule has 2 aromatic rings. The number of rotatable bonds is 3. The molecule has 0 bridgehead atoms. The Morgan fingerprint density at radius 1 is 1.19 bits per heavy atom. The van der Waals surface area contributed by atoms with Crippen molar-refractivity contribution in [2.45, 2.75) is 43.4 Å². The molecule has 2 saturated heterocycles. The van der Waals surface area contributed by atoms with Crippen molar-refractivity contribution in [2.24, 2.45) is 7.05 Å². The van der Waals surface area contributed by atoms with E-state index in [0.29, 0.717) is 12.3 Å². The molecule has 1 unspecified atom stereocenters. The molecule has 1 N–H and O–H groups in total. The van der Waals surface area contributed by atoms with Gasteiger partial charge in [-0.3, -0.25) is 9.69 Å². The van der Waals surface area contributed by atoms with E-state index in [1.807, 2.05) is 37.5 Å². The maximum atomic E-state index is 12.5. The second kappa shape index (κ2) is 9.32. The van der Waals surface area contributed by atoms with Gasteiger partial charge in [0.15, 0.2) is 0 Å². The predicted octanol–water partition coefficient (Wildman–Crippen LogP) is 3.03. The van der Waals surface area contributed by atoms with Crippen molar-refractivity contribution in [1.29, 1.82) is 0 Å². The third kappa shape index (κ3) is 4.95. The van der Waals surface area contributed by atoms with Gasteiger partial charge in [-0.2, -0.15) is 13.2 Å². The summed E-state index contributed by atoms with van der Waals surface area (Å²) in [6.45, 7) is 2.90. The van der Waals surface area contributed by atoms with Crippen LogP contribution in [0.25, 0.3) is 0 Å². The molecular formula is C22H27F3N4O3. The molecule has 3 heterocycles. The lowest BCUT2D eigenvalue weighted by Crippen LogP contribution is -2.53. The molecule has 32 heavy (non-hydrogen) atoms. The van der Waals surface area contributed by atoms with Crippen LogP contribution in [0.4, 0.5) is 13.2 Å². The van der Waals surface area contributed by atoms with E-state index in [1.54, 1.807) is 0 Å². The molecule has 174 valence electrons. The lowest BCUT2D eigenvalue weighted by atomic mass is 9.74. The van der Waals surface area contributed by atoms with E-state index in [4.69, 9.17) is 9.90 Å². The number of amides is 1. The summed E-state index contributed by atoms with van der Waals surface area (Å²) in [6.07, 6.45) is 1.46. The molecule has 1 aromatic carbocycles. The van der Waals surface area contributed by atoms with Crippen molar-refractivity contribution in [1.82, 2.24) is 19.4 Å². The summed E-state index contributed by atoms with van der Waals surface area (Å²) in [7, 11) is 4.04. The molecule has 0 saturated carbocycles. The Labute approximate surface area is 184 Å². The van der Waals surface area contributed by atoms with Crippen LogP contribution in [0.1, 0.15) is 36.6 Å². The van der Waals surface area contributed by atoms with E-state index in [-0.39, 0.29) is 11.4 Å². The van der Waals surface area contributed by atoms with Gasteiger partial charge in [0.2, 0.25) is 5.91 Å². The van der Waals surface area contributed by atoms with Gasteiger partial charge >= 0.3 is 12.1 Å². The number of halogens is 3. The number of alkyl halides is 3. The average Bonchev–Trinajstić information content (AvgIpc) is 3.26. The first-order valence-corrected chi connectivity index (χ1v) is 10.3. The van der Waals surface area contributed by atoms with Crippen LogP contribution >= 0.6 is 0 Å². The molecule has 7 nitrogen and oxygen atoms in total. The first kappa shape index (κ1) is 23.8. The number of hydrogen-bond donors (Lipinski definition) is 1. The summed E-state index contributed by atoms with van der Waals surface area (Å²) >= 11 is 0. The summed E-state index contributed by atoms with van der Waals surface area (Å²) in [4.78, 5) is 30.4. The topological polar surface area (TPSA) is 78.7 Å². The van der Waals surface area contributed by atoms with E-state index >= 15 is 0 Å². The summed E-state index contributed by atoms with van der Waals surface area (Å²) < 4.78 is 33.8. The van der Waals surface area contributed by atoms with Crippen LogP contribution in [0, 0.1) is 0 Å². The molecule has 4 rings (SSSR count). The van der Waals surface area contributed by atoms with Crippen molar-refractivity contribution in [2.75, 3.05) is 20.1 Å². The molecule has 1 amide bonds. The molecule has 1 aromatic heterocycles. The highest BCUT2D eigenvalue weighted by Gasteiger charge is 2.52. The first-order valence-electron chi connectivity index (χ1n) is 10.3. The number of likely N-dealkylation sites (tertiary alicyclic amines) is 2. The summed E-state index contributed by atoms with van der Waals surface area (Å²) in [5, 5.41) is 7.12. The normalized spacial score (nSPS) is 20.8. The third-order valence-corrected chi connectivity index (χ3v) is 6.52. The quantitative estimate of drug-likeness (QED) is 0.775. The Bertz CT molecular complexity index is 937. The zero-order chi connectivity index (χ0) is 23.5. The lowest BCUT2D eigenvalue weighted by molar-refractivity contribution is -0.192. The van der Waals surface area contributed by atoms with Gasteiger partial charge in [-0.1, -0.05) is 30.3 Å². The van der Waals surface area contributed by atoms with Gasteiger partial charge in [-0.15, -0.1) is 0 Å². The van der Waals surface area contributed by atoms with Crippen LogP contribution in [0.3, 0.4) is 0 Å². The van der Waals surface area contributed by atoms with Crippen molar-refractivity contribution in [3.63, 3.8) is 0 Å².